The fourth-order valence-electron chi connectivity index (χ4n) is 1.26. The second-order valence-corrected chi connectivity index (χ2v) is 5.34. The van der Waals surface area contributed by atoms with Gasteiger partial charge >= 0.3 is 5.97 Å². The van der Waals surface area contributed by atoms with E-state index in [1.165, 1.54) is 0 Å². The summed E-state index contributed by atoms with van der Waals surface area (Å²) in [6.07, 6.45) is 3.17. The van der Waals surface area contributed by atoms with Gasteiger partial charge in [-0.25, -0.2) is 0 Å². The Labute approximate surface area is 102 Å². The van der Waals surface area contributed by atoms with E-state index in [9.17, 15) is 9.18 Å². The highest BCUT2D eigenvalue weighted by molar-refractivity contribution is 8.00. The van der Waals surface area contributed by atoms with Gasteiger partial charge in [-0.05, 0) is 38.9 Å². The van der Waals surface area contributed by atoms with Crippen LogP contribution in [-0.2, 0) is 9.53 Å². The summed E-state index contributed by atoms with van der Waals surface area (Å²) in [5.74, 6) is 0.712. The minimum absolute atomic E-state index is 0.0571. The van der Waals surface area contributed by atoms with Gasteiger partial charge in [0.05, 0.1) is 12.8 Å². The van der Waals surface area contributed by atoms with Crippen LogP contribution in [0.1, 0.15) is 46.5 Å². The van der Waals surface area contributed by atoms with E-state index < -0.39 is 0 Å². The minimum Gasteiger partial charge on any atom is -0.462 e. The Bertz CT molecular complexity index is 186. The average molecular weight is 250 g/mol. The maximum Gasteiger partial charge on any atom is 0.319 e. The molecule has 96 valence electrons. The lowest BCUT2D eigenvalue weighted by molar-refractivity contribution is -0.146. The molecule has 0 aromatic heterocycles. The van der Waals surface area contributed by atoms with E-state index in [2.05, 4.69) is 6.92 Å². The van der Waals surface area contributed by atoms with Crippen LogP contribution in [0.15, 0.2) is 0 Å². The molecule has 0 bridgehead atoms. The zero-order chi connectivity index (χ0) is 12.4. The van der Waals surface area contributed by atoms with Crippen molar-refractivity contribution in [3.63, 3.8) is 0 Å². The minimum atomic E-state index is -0.268. The van der Waals surface area contributed by atoms with Crippen LogP contribution >= 0.6 is 11.8 Å². The molecule has 0 amide bonds. The fourth-order valence-corrected chi connectivity index (χ4v) is 2.51. The lowest BCUT2D eigenvalue weighted by Gasteiger charge is -2.16. The van der Waals surface area contributed by atoms with E-state index in [0.29, 0.717) is 6.42 Å². The van der Waals surface area contributed by atoms with Crippen LogP contribution in [0.25, 0.3) is 0 Å². The Hall–Kier alpha value is -0.250. The first-order valence-corrected chi connectivity index (χ1v) is 7.04. The summed E-state index contributed by atoms with van der Waals surface area (Å²) in [7, 11) is 0. The number of alkyl halides is 1. The molecule has 0 spiro atoms. The first kappa shape index (κ1) is 15.8. The molecule has 0 fully saturated rings. The molecular formula is C12H23FO2S. The van der Waals surface area contributed by atoms with Gasteiger partial charge in [-0.1, -0.05) is 13.3 Å². The molecular weight excluding hydrogens is 227 g/mol. The van der Waals surface area contributed by atoms with Crippen molar-refractivity contribution >= 4 is 17.7 Å². The van der Waals surface area contributed by atoms with E-state index in [1.54, 1.807) is 11.8 Å². The lowest BCUT2D eigenvalue weighted by Crippen LogP contribution is -2.23. The standard InChI is InChI=1S/C12H23FO2S/c1-4-7-11(12(14)15-10(2)3)16-9-6-5-8-13/h10-11H,4-9H2,1-3H3. The van der Waals surface area contributed by atoms with Crippen molar-refractivity contribution in [2.45, 2.75) is 57.8 Å². The van der Waals surface area contributed by atoms with E-state index in [1.807, 2.05) is 13.8 Å². The van der Waals surface area contributed by atoms with Gasteiger partial charge in [-0.2, -0.15) is 0 Å². The molecule has 1 unspecified atom stereocenters. The number of hydrogen-bond donors (Lipinski definition) is 0. The molecule has 0 aromatic carbocycles. The molecule has 4 heteroatoms. The van der Waals surface area contributed by atoms with Crippen LogP contribution < -0.4 is 0 Å². The van der Waals surface area contributed by atoms with Crippen molar-refractivity contribution in [1.29, 1.82) is 0 Å². The zero-order valence-electron chi connectivity index (χ0n) is 10.5. The number of carbonyl (C=O) groups is 1. The fraction of sp³-hybridized carbons (Fsp3) is 0.917. The highest BCUT2D eigenvalue weighted by Gasteiger charge is 2.20. The molecule has 0 aliphatic rings. The van der Waals surface area contributed by atoms with E-state index in [-0.39, 0.29) is 24.0 Å². The van der Waals surface area contributed by atoms with E-state index >= 15 is 0 Å². The zero-order valence-corrected chi connectivity index (χ0v) is 11.3. The molecule has 0 aliphatic carbocycles. The van der Waals surface area contributed by atoms with Gasteiger partial charge < -0.3 is 4.74 Å². The molecule has 0 rings (SSSR count). The maximum atomic E-state index is 11.9. The third-order valence-corrected chi connectivity index (χ3v) is 3.37. The largest absolute Gasteiger partial charge is 0.462 e. The Morgan fingerprint density at radius 1 is 1.38 bits per heavy atom. The van der Waals surface area contributed by atoms with Gasteiger partial charge in [-0.3, -0.25) is 9.18 Å². The van der Waals surface area contributed by atoms with Gasteiger partial charge in [0.1, 0.15) is 5.25 Å². The Kier molecular flexibility index (Phi) is 9.78. The molecule has 16 heavy (non-hydrogen) atoms. The predicted molar refractivity (Wildman–Crippen MR) is 67.6 cm³/mol. The number of carbonyl (C=O) groups excluding carboxylic acids is 1. The van der Waals surface area contributed by atoms with Gasteiger partial charge in [0.15, 0.2) is 0 Å². The molecule has 0 aliphatic heterocycles. The lowest BCUT2D eigenvalue weighted by atomic mass is 10.2. The monoisotopic (exact) mass is 250 g/mol. The number of halogens is 1. The third kappa shape index (κ3) is 7.97. The van der Waals surface area contributed by atoms with Crippen molar-refractivity contribution in [2.24, 2.45) is 0 Å². The smallest absolute Gasteiger partial charge is 0.319 e. The quantitative estimate of drug-likeness (QED) is 0.462. The molecule has 0 saturated carbocycles. The van der Waals surface area contributed by atoms with Crippen LogP contribution in [0, 0.1) is 0 Å². The summed E-state index contributed by atoms with van der Waals surface area (Å²) in [4.78, 5) is 11.7. The van der Waals surface area contributed by atoms with E-state index in [0.717, 1.165) is 25.0 Å². The number of thioether (sulfide) groups is 1. The third-order valence-electron chi connectivity index (χ3n) is 2.01. The molecule has 0 saturated heterocycles. The summed E-state index contributed by atoms with van der Waals surface area (Å²) in [6, 6.07) is 0. The Morgan fingerprint density at radius 2 is 2.06 bits per heavy atom. The van der Waals surface area contributed by atoms with Crippen molar-refractivity contribution in [1.82, 2.24) is 0 Å². The summed E-state index contributed by atoms with van der Waals surface area (Å²) >= 11 is 1.59. The maximum absolute atomic E-state index is 11.9. The van der Waals surface area contributed by atoms with Crippen LogP contribution in [-0.4, -0.2) is 29.8 Å². The summed E-state index contributed by atoms with van der Waals surface area (Å²) in [5, 5.41) is -0.0768. The highest BCUT2D eigenvalue weighted by Crippen LogP contribution is 2.20. The van der Waals surface area contributed by atoms with E-state index in [4.69, 9.17) is 4.74 Å². The summed E-state index contributed by atoms with van der Waals surface area (Å²) in [6.45, 7) is 5.50. The summed E-state index contributed by atoms with van der Waals surface area (Å²) < 4.78 is 17.1. The van der Waals surface area contributed by atoms with Crippen LogP contribution in [0.3, 0.4) is 0 Å². The molecule has 0 aromatic rings. The van der Waals surface area contributed by atoms with Crippen molar-refractivity contribution in [3.05, 3.63) is 0 Å². The molecule has 1 atom stereocenters. The second-order valence-electron chi connectivity index (χ2n) is 4.03. The van der Waals surface area contributed by atoms with Crippen molar-refractivity contribution < 1.29 is 13.9 Å². The van der Waals surface area contributed by atoms with Crippen molar-refractivity contribution in [3.8, 4) is 0 Å². The molecule has 0 heterocycles. The first-order valence-electron chi connectivity index (χ1n) is 5.99. The number of hydrogen-bond acceptors (Lipinski definition) is 3. The SMILES string of the molecule is CCCC(SCCCCF)C(=O)OC(C)C. The van der Waals surface area contributed by atoms with Crippen LogP contribution in [0.2, 0.25) is 0 Å². The number of esters is 1. The Balaban J connectivity index is 3.90. The summed E-state index contributed by atoms with van der Waals surface area (Å²) in [5.41, 5.74) is 0. The topological polar surface area (TPSA) is 26.3 Å². The second kappa shape index (κ2) is 9.94. The predicted octanol–water partition coefficient (Wildman–Crippen LogP) is 3.59. The highest BCUT2D eigenvalue weighted by atomic mass is 32.2. The molecule has 0 radical (unpaired) electrons. The number of ether oxygens (including phenoxy) is 1. The van der Waals surface area contributed by atoms with Crippen molar-refractivity contribution in [2.75, 3.05) is 12.4 Å². The molecule has 2 nitrogen and oxygen atoms in total. The van der Waals surface area contributed by atoms with Gasteiger partial charge in [0.25, 0.3) is 0 Å². The molecule has 0 N–H and O–H groups in total. The van der Waals surface area contributed by atoms with Gasteiger partial charge in [0, 0.05) is 0 Å². The van der Waals surface area contributed by atoms with Crippen LogP contribution in [0.5, 0.6) is 0 Å². The normalized spacial score (nSPS) is 12.8. The number of unbranched alkanes of at least 4 members (excludes halogenated alkanes) is 1. The van der Waals surface area contributed by atoms with Gasteiger partial charge in [0.2, 0.25) is 0 Å². The van der Waals surface area contributed by atoms with Gasteiger partial charge in [-0.15, -0.1) is 11.8 Å². The number of rotatable bonds is 9. The van der Waals surface area contributed by atoms with Crippen LogP contribution in [0.4, 0.5) is 4.39 Å². The average Bonchev–Trinajstić information content (AvgIpc) is 2.21. The Morgan fingerprint density at radius 3 is 2.56 bits per heavy atom. The first-order chi connectivity index (χ1) is 7.61.